The molecule has 0 aromatic carbocycles. The molecule has 1 heterocycles. The number of nitrogens with zero attached hydrogens (tertiary/aromatic N) is 1. The molecule has 0 aliphatic heterocycles. The summed E-state index contributed by atoms with van der Waals surface area (Å²) in [5, 5.41) is 8.90. The highest BCUT2D eigenvalue weighted by Crippen LogP contribution is 2.26. The third kappa shape index (κ3) is 4.28. The van der Waals surface area contributed by atoms with Crippen molar-refractivity contribution in [1.82, 2.24) is 9.71 Å². The Labute approximate surface area is 118 Å². The van der Waals surface area contributed by atoms with Gasteiger partial charge in [0.15, 0.2) is 0 Å². The molecule has 2 unspecified atom stereocenters. The van der Waals surface area contributed by atoms with E-state index in [1.807, 2.05) is 6.07 Å². The van der Waals surface area contributed by atoms with E-state index < -0.39 is 21.9 Å². The number of carboxylic acids is 1. The summed E-state index contributed by atoms with van der Waals surface area (Å²) in [6.45, 7) is 0. The van der Waals surface area contributed by atoms with Crippen LogP contribution in [0.15, 0.2) is 24.4 Å². The zero-order valence-electron chi connectivity index (χ0n) is 11.0. The minimum atomic E-state index is -3.40. The van der Waals surface area contributed by atoms with Gasteiger partial charge in [0.2, 0.25) is 10.0 Å². The van der Waals surface area contributed by atoms with E-state index in [1.165, 1.54) is 0 Å². The fourth-order valence-corrected chi connectivity index (χ4v) is 3.73. The summed E-state index contributed by atoms with van der Waals surface area (Å²) in [5.41, 5.74) is 0.729. The van der Waals surface area contributed by atoms with Gasteiger partial charge in [0.1, 0.15) is 0 Å². The van der Waals surface area contributed by atoms with E-state index in [-0.39, 0.29) is 11.8 Å². The van der Waals surface area contributed by atoms with Gasteiger partial charge in [-0.3, -0.25) is 9.78 Å². The van der Waals surface area contributed by atoms with Gasteiger partial charge >= 0.3 is 5.97 Å². The number of hydrogen-bond acceptors (Lipinski definition) is 4. The molecule has 0 saturated heterocycles. The molecule has 7 heteroatoms. The first-order valence-corrected chi connectivity index (χ1v) is 8.24. The van der Waals surface area contributed by atoms with Crippen molar-refractivity contribution in [2.45, 2.75) is 31.7 Å². The van der Waals surface area contributed by atoms with Gasteiger partial charge in [0.05, 0.1) is 11.7 Å². The minimum Gasteiger partial charge on any atom is -0.481 e. The summed E-state index contributed by atoms with van der Waals surface area (Å²) in [6.07, 6.45) is 3.47. The van der Waals surface area contributed by atoms with Crippen LogP contribution in [0, 0.1) is 5.92 Å². The number of nitrogens with one attached hydrogen (secondary N) is 1. The van der Waals surface area contributed by atoms with Crippen LogP contribution < -0.4 is 4.72 Å². The van der Waals surface area contributed by atoms with Crippen molar-refractivity contribution < 1.29 is 18.3 Å². The van der Waals surface area contributed by atoms with Crippen LogP contribution in [0.5, 0.6) is 0 Å². The predicted molar refractivity (Wildman–Crippen MR) is 73.6 cm³/mol. The molecule has 1 fully saturated rings. The van der Waals surface area contributed by atoms with E-state index in [1.54, 1.807) is 18.3 Å². The third-order valence-electron chi connectivity index (χ3n) is 3.48. The van der Waals surface area contributed by atoms with E-state index in [0.29, 0.717) is 25.7 Å². The van der Waals surface area contributed by atoms with E-state index in [4.69, 9.17) is 5.11 Å². The quantitative estimate of drug-likeness (QED) is 0.809. The molecular weight excluding hydrogens is 280 g/mol. The molecule has 1 aliphatic carbocycles. The lowest BCUT2D eigenvalue weighted by Gasteiger charge is -2.12. The summed E-state index contributed by atoms with van der Waals surface area (Å²) in [4.78, 5) is 14.9. The van der Waals surface area contributed by atoms with Gasteiger partial charge in [-0.15, -0.1) is 0 Å². The number of aryl methyl sites for hydroxylation is 1. The molecule has 0 amide bonds. The van der Waals surface area contributed by atoms with Gasteiger partial charge in [-0.25, -0.2) is 13.1 Å². The Morgan fingerprint density at radius 3 is 2.80 bits per heavy atom. The molecule has 1 aromatic heterocycles. The molecular formula is C13H18N2O4S. The van der Waals surface area contributed by atoms with E-state index in [9.17, 15) is 13.2 Å². The van der Waals surface area contributed by atoms with Crippen LogP contribution in [0.25, 0.3) is 0 Å². The molecule has 6 nitrogen and oxygen atoms in total. The molecule has 0 spiro atoms. The maximum atomic E-state index is 12.0. The van der Waals surface area contributed by atoms with Crippen LogP contribution in [0.1, 0.15) is 25.0 Å². The number of sulfonamides is 1. The van der Waals surface area contributed by atoms with Gasteiger partial charge < -0.3 is 5.11 Å². The minimum absolute atomic E-state index is 0.0295. The van der Waals surface area contributed by atoms with E-state index in [2.05, 4.69) is 9.71 Å². The third-order valence-corrected chi connectivity index (χ3v) is 4.92. The zero-order chi connectivity index (χ0) is 14.6. The Morgan fingerprint density at radius 1 is 1.40 bits per heavy atom. The molecule has 0 radical (unpaired) electrons. The number of pyridine rings is 1. The molecule has 2 N–H and O–H groups in total. The molecule has 2 rings (SSSR count). The van der Waals surface area contributed by atoms with Crippen LogP contribution in [-0.4, -0.2) is 36.3 Å². The molecule has 2 atom stereocenters. The highest BCUT2D eigenvalue weighted by molar-refractivity contribution is 7.89. The molecule has 20 heavy (non-hydrogen) atoms. The van der Waals surface area contributed by atoms with Gasteiger partial charge in [-0.05, 0) is 31.4 Å². The lowest BCUT2D eigenvalue weighted by Crippen LogP contribution is -2.35. The van der Waals surface area contributed by atoms with Crippen molar-refractivity contribution in [2.75, 3.05) is 5.75 Å². The molecule has 1 saturated carbocycles. The highest BCUT2D eigenvalue weighted by atomic mass is 32.2. The second-order valence-electron chi connectivity index (χ2n) is 5.05. The Kier molecular flexibility index (Phi) is 4.72. The number of aromatic nitrogens is 1. The largest absolute Gasteiger partial charge is 0.481 e. The molecule has 1 aromatic rings. The first kappa shape index (κ1) is 14.9. The first-order valence-electron chi connectivity index (χ1n) is 6.59. The number of hydrogen-bond donors (Lipinski definition) is 2. The van der Waals surface area contributed by atoms with Crippen LogP contribution in [-0.2, 0) is 21.2 Å². The number of carboxylic acid groups (broad SMARTS) is 1. The topological polar surface area (TPSA) is 96.4 Å². The van der Waals surface area contributed by atoms with Crippen LogP contribution in [0.2, 0.25) is 0 Å². The Bertz CT molecular complexity index is 559. The van der Waals surface area contributed by atoms with Gasteiger partial charge in [-0.1, -0.05) is 6.07 Å². The van der Waals surface area contributed by atoms with Crippen molar-refractivity contribution in [3.8, 4) is 0 Å². The van der Waals surface area contributed by atoms with Gasteiger partial charge in [0.25, 0.3) is 0 Å². The van der Waals surface area contributed by atoms with Crippen LogP contribution >= 0.6 is 0 Å². The Morgan fingerprint density at radius 2 is 2.20 bits per heavy atom. The predicted octanol–water partition coefficient (Wildman–Crippen LogP) is 0.797. The maximum Gasteiger partial charge on any atom is 0.306 e. The molecule has 1 aliphatic rings. The van der Waals surface area contributed by atoms with E-state index >= 15 is 0 Å². The SMILES string of the molecule is O=C(O)C1CCC(NS(=O)(=O)CCc2ccccn2)C1. The normalized spacial score (nSPS) is 22.8. The summed E-state index contributed by atoms with van der Waals surface area (Å²) in [5.74, 6) is -1.31. The van der Waals surface area contributed by atoms with Gasteiger partial charge in [-0.2, -0.15) is 0 Å². The van der Waals surface area contributed by atoms with Crippen LogP contribution in [0.4, 0.5) is 0 Å². The maximum absolute atomic E-state index is 12.0. The fraction of sp³-hybridized carbons (Fsp3) is 0.538. The molecule has 0 bridgehead atoms. The standard InChI is InChI=1S/C13H18N2O4S/c16-13(17)10-4-5-12(9-10)15-20(18,19)8-6-11-3-1-2-7-14-11/h1-3,7,10,12,15H,4-6,8-9H2,(H,16,17). The monoisotopic (exact) mass is 298 g/mol. The zero-order valence-corrected chi connectivity index (χ0v) is 11.8. The Hall–Kier alpha value is -1.47. The first-order chi connectivity index (χ1) is 9.46. The number of aliphatic carboxylic acids is 1. The van der Waals surface area contributed by atoms with Crippen molar-refractivity contribution in [2.24, 2.45) is 5.92 Å². The second kappa shape index (κ2) is 6.32. The number of carbonyl (C=O) groups is 1. The highest BCUT2D eigenvalue weighted by Gasteiger charge is 2.31. The lowest BCUT2D eigenvalue weighted by atomic mass is 10.1. The van der Waals surface area contributed by atoms with Crippen molar-refractivity contribution in [3.05, 3.63) is 30.1 Å². The molecule has 110 valence electrons. The number of rotatable bonds is 6. The van der Waals surface area contributed by atoms with Crippen molar-refractivity contribution >= 4 is 16.0 Å². The second-order valence-corrected chi connectivity index (χ2v) is 6.93. The fourth-order valence-electron chi connectivity index (χ4n) is 2.41. The van der Waals surface area contributed by atoms with Crippen molar-refractivity contribution in [1.29, 1.82) is 0 Å². The summed E-state index contributed by atoms with van der Waals surface area (Å²) in [7, 11) is -3.40. The Balaban J connectivity index is 1.84. The smallest absolute Gasteiger partial charge is 0.306 e. The summed E-state index contributed by atoms with van der Waals surface area (Å²) >= 11 is 0. The summed E-state index contributed by atoms with van der Waals surface area (Å²) < 4.78 is 26.5. The van der Waals surface area contributed by atoms with E-state index in [0.717, 1.165) is 5.69 Å². The van der Waals surface area contributed by atoms with Crippen molar-refractivity contribution in [3.63, 3.8) is 0 Å². The van der Waals surface area contributed by atoms with Crippen LogP contribution in [0.3, 0.4) is 0 Å². The van der Waals surface area contributed by atoms with Gasteiger partial charge in [0, 0.05) is 24.4 Å². The lowest BCUT2D eigenvalue weighted by molar-refractivity contribution is -0.141. The average molecular weight is 298 g/mol. The average Bonchev–Trinajstić information content (AvgIpc) is 2.86. The summed E-state index contributed by atoms with van der Waals surface area (Å²) in [6, 6.07) is 5.12.